The molecule has 0 radical (unpaired) electrons. The van der Waals surface area contributed by atoms with Crippen LogP contribution in [0.5, 0.6) is 0 Å². The Bertz CT molecular complexity index is 1210. The Kier molecular flexibility index (Phi) is 4.90. The van der Waals surface area contributed by atoms with E-state index in [0.29, 0.717) is 5.56 Å². The number of carbonyl (C=O) groups is 1. The Hall–Kier alpha value is -3.47. The molecule has 5 nitrogen and oxygen atoms in total. The first kappa shape index (κ1) is 19.8. The summed E-state index contributed by atoms with van der Waals surface area (Å²) in [5, 5.41) is 0. The van der Waals surface area contributed by atoms with Crippen molar-refractivity contribution >= 4 is 11.6 Å². The van der Waals surface area contributed by atoms with Crippen LogP contribution in [0.4, 0.5) is 0 Å². The standard InChI is InChI=1S/C25H26N4O/c1-25(2,3)20-11-9-17(10-12-20)22-14-27-23-15-26-21(16-29(22)23)18-7-6-8-19(13-18)24(30)28(4)5/h6-16H,1-5H3. The average Bonchev–Trinajstić information content (AvgIpc) is 3.16. The zero-order valence-electron chi connectivity index (χ0n) is 18.0. The zero-order chi connectivity index (χ0) is 21.5. The minimum absolute atomic E-state index is 0.0276. The quantitative estimate of drug-likeness (QED) is 0.484. The Labute approximate surface area is 177 Å². The van der Waals surface area contributed by atoms with Crippen LogP contribution in [-0.4, -0.2) is 39.3 Å². The van der Waals surface area contributed by atoms with Gasteiger partial charge in [-0.05, 0) is 23.1 Å². The summed E-state index contributed by atoms with van der Waals surface area (Å²) in [6.45, 7) is 6.63. The molecule has 2 heterocycles. The highest BCUT2D eigenvalue weighted by molar-refractivity contribution is 5.95. The van der Waals surface area contributed by atoms with E-state index in [1.165, 1.54) is 5.56 Å². The first-order valence-electron chi connectivity index (χ1n) is 10.00. The first-order valence-corrected chi connectivity index (χ1v) is 10.00. The molecule has 0 atom stereocenters. The number of benzene rings is 2. The molecule has 5 heteroatoms. The number of nitrogens with zero attached hydrogens (tertiary/aromatic N) is 4. The van der Waals surface area contributed by atoms with E-state index in [-0.39, 0.29) is 11.3 Å². The summed E-state index contributed by atoms with van der Waals surface area (Å²) in [6, 6.07) is 16.2. The van der Waals surface area contributed by atoms with Crippen molar-refractivity contribution in [2.75, 3.05) is 14.1 Å². The summed E-state index contributed by atoms with van der Waals surface area (Å²) in [6.07, 6.45) is 5.62. The van der Waals surface area contributed by atoms with E-state index in [9.17, 15) is 4.79 Å². The van der Waals surface area contributed by atoms with Crippen LogP contribution in [0.25, 0.3) is 28.2 Å². The van der Waals surface area contributed by atoms with Gasteiger partial charge in [-0.25, -0.2) is 4.98 Å². The van der Waals surface area contributed by atoms with Gasteiger partial charge in [0, 0.05) is 37.0 Å². The highest BCUT2D eigenvalue weighted by Gasteiger charge is 2.15. The largest absolute Gasteiger partial charge is 0.345 e. The molecule has 0 fully saturated rings. The molecule has 0 saturated heterocycles. The number of amides is 1. The summed E-state index contributed by atoms with van der Waals surface area (Å²) >= 11 is 0. The van der Waals surface area contributed by atoms with E-state index in [1.807, 2.05) is 36.7 Å². The summed E-state index contributed by atoms with van der Waals surface area (Å²) in [5.41, 5.74) is 6.64. The average molecular weight is 399 g/mol. The minimum Gasteiger partial charge on any atom is -0.345 e. The van der Waals surface area contributed by atoms with E-state index in [4.69, 9.17) is 0 Å². The fourth-order valence-electron chi connectivity index (χ4n) is 3.46. The van der Waals surface area contributed by atoms with Gasteiger partial charge in [-0.1, -0.05) is 57.2 Å². The summed E-state index contributed by atoms with van der Waals surface area (Å²) in [7, 11) is 3.50. The molecule has 1 amide bonds. The van der Waals surface area contributed by atoms with Crippen LogP contribution in [0.15, 0.2) is 67.1 Å². The van der Waals surface area contributed by atoms with Crippen LogP contribution in [-0.2, 0) is 5.41 Å². The SMILES string of the molecule is CN(C)C(=O)c1cccc(-c2cn3c(-c4ccc(C(C)(C)C)cc4)cnc3cn2)c1. The highest BCUT2D eigenvalue weighted by atomic mass is 16.2. The third-order valence-corrected chi connectivity index (χ3v) is 5.25. The third kappa shape index (κ3) is 3.71. The zero-order valence-corrected chi connectivity index (χ0v) is 18.0. The van der Waals surface area contributed by atoms with Crippen LogP contribution in [0, 0.1) is 0 Å². The van der Waals surface area contributed by atoms with Crippen molar-refractivity contribution in [3.8, 4) is 22.5 Å². The second-order valence-corrected chi connectivity index (χ2v) is 8.75. The first-order chi connectivity index (χ1) is 14.2. The van der Waals surface area contributed by atoms with Gasteiger partial charge in [0.25, 0.3) is 5.91 Å². The van der Waals surface area contributed by atoms with Crippen molar-refractivity contribution in [1.29, 1.82) is 0 Å². The molecule has 2 aromatic heterocycles. The predicted molar refractivity (Wildman–Crippen MR) is 121 cm³/mol. The molecule has 0 N–H and O–H groups in total. The van der Waals surface area contributed by atoms with Gasteiger partial charge in [0.15, 0.2) is 5.65 Å². The number of carbonyl (C=O) groups excluding carboxylic acids is 1. The molecule has 0 spiro atoms. The summed E-state index contributed by atoms with van der Waals surface area (Å²) in [5.74, 6) is -0.0276. The molecule has 152 valence electrons. The Morgan fingerprint density at radius 1 is 0.933 bits per heavy atom. The molecule has 0 aliphatic carbocycles. The maximum atomic E-state index is 12.3. The van der Waals surface area contributed by atoms with Crippen molar-refractivity contribution in [2.45, 2.75) is 26.2 Å². The second kappa shape index (κ2) is 7.41. The summed E-state index contributed by atoms with van der Waals surface area (Å²) < 4.78 is 2.05. The van der Waals surface area contributed by atoms with Gasteiger partial charge in [-0.2, -0.15) is 0 Å². The van der Waals surface area contributed by atoms with Crippen LogP contribution in [0.1, 0.15) is 36.7 Å². The van der Waals surface area contributed by atoms with E-state index >= 15 is 0 Å². The number of fused-ring (bicyclic) bond motifs is 1. The Morgan fingerprint density at radius 2 is 1.67 bits per heavy atom. The van der Waals surface area contributed by atoms with Crippen molar-refractivity contribution < 1.29 is 4.79 Å². The highest BCUT2D eigenvalue weighted by Crippen LogP contribution is 2.28. The number of hydrogen-bond acceptors (Lipinski definition) is 3. The number of imidazole rings is 1. The van der Waals surface area contributed by atoms with Gasteiger partial charge in [-0.15, -0.1) is 0 Å². The molecule has 4 aromatic rings. The topological polar surface area (TPSA) is 50.5 Å². The molecule has 0 aliphatic rings. The molecule has 2 aromatic carbocycles. The van der Waals surface area contributed by atoms with Gasteiger partial charge in [-0.3, -0.25) is 14.2 Å². The Balaban J connectivity index is 1.76. The lowest BCUT2D eigenvalue weighted by molar-refractivity contribution is 0.0827. The number of hydrogen-bond donors (Lipinski definition) is 0. The van der Waals surface area contributed by atoms with E-state index in [2.05, 4.69) is 59.4 Å². The Morgan fingerprint density at radius 3 is 2.33 bits per heavy atom. The van der Waals surface area contributed by atoms with E-state index in [1.54, 1.807) is 25.2 Å². The van der Waals surface area contributed by atoms with E-state index < -0.39 is 0 Å². The smallest absolute Gasteiger partial charge is 0.253 e. The maximum Gasteiger partial charge on any atom is 0.253 e. The van der Waals surface area contributed by atoms with Gasteiger partial charge in [0.2, 0.25) is 0 Å². The molecular formula is C25H26N4O. The maximum absolute atomic E-state index is 12.3. The molecule has 0 unspecified atom stereocenters. The minimum atomic E-state index is -0.0276. The van der Waals surface area contributed by atoms with Gasteiger partial charge in [0.05, 0.1) is 23.8 Å². The van der Waals surface area contributed by atoms with Crippen LogP contribution in [0.3, 0.4) is 0 Å². The monoisotopic (exact) mass is 398 g/mol. The molecule has 30 heavy (non-hydrogen) atoms. The van der Waals surface area contributed by atoms with Gasteiger partial charge >= 0.3 is 0 Å². The van der Waals surface area contributed by atoms with Gasteiger partial charge < -0.3 is 4.90 Å². The van der Waals surface area contributed by atoms with Gasteiger partial charge in [0.1, 0.15) is 0 Å². The lowest BCUT2D eigenvalue weighted by atomic mass is 9.86. The van der Waals surface area contributed by atoms with E-state index in [0.717, 1.165) is 28.2 Å². The van der Waals surface area contributed by atoms with Crippen LogP contribution < -0.4 is 0 Å². The normalized spacial score (nSPS) is 11.6. The predicted octanol–water partition coefficient (Wildman–Crippen LogP) is 5.06. The lowest BCUT2D eigenvalue weighted by Crippen LogP contribution is -2.21. The molecule has 4 rings (SSSR count). The second-order valence-electron chi connectivity index (χ2n) is 8.75. The molecule has 0 bridgehead atoms. The fraction of sp³-hybridized carbons (Fsp3) is 0.240. The third-order valence-electron chi connectivity index (χ3n) is 5.25. The fourth-order valence-corrected chi connectivity index (χ4v) is 3.46. The molecule has 0 aliphatic heterocycles. The number of rotatable bonds is 3. The lowest BCUT2D eigenvalue weighted by Gasteiger charge is -2.19. The van der Waals surface area contributed by atoms with Crippen molar-refractivity contribution in [1.82, 2.24) is 19.3 Å². The summed E-state index contributed by atoms with van der Waals surface area (Å²) in [4.78, 5) is 23.0. The van der Waals surface area contributed by atoms with Crippen molar-refractivity contribution in [3.63, 3.8) is 0 Å². The molecular weight excluding hydrogens is 372 g/mol. The van der Waals surface area contributed by atoms with Crippen molar-refractivity contribution in [3.05, 3.63) is 78.2 Å². The van der Waals surface area contributed by atoms with Crippen LogP contribution >= 0.6 is 0 Å². The molecule has 0 saturated carbocycles. The number of aromatic nitrogens is 3. The van der Waals surface area contributed by atoms with Crippen molar-refractivity contribution in [2.24, 2.45) is 0 Å². The van der Waals surface area contributed by atoms with Crippen LogP contribution in [0.2, 0.25) is 0 Å².